The van der Waals surface area contributed by atoms with E-state index in [1.165, 1.54) is 24.9 Å². The third-order valence-corrected chi connectivity index (χ3v) is 4.90. The highest BCUT2D eigenvalue weighted by Crippen LogP contribution is 2.35. The average molecular weight is 290 g/mol. The molecule has 1 N–H and O–H groups in total. The standard InChI is InChI=1S/C17H26N2O2/c1-12-10-13(6-8-19(12)2)18-16-7-9-21-17-5-4-14(20-3)11-15(16)17/h4-5,11-13,16,18H,6-10H2,1-3H3. The Morgan fingerprint density at radius 2 is 2.19 bits per heavy atom. The molecule has 1 saturated heterocycles. The summed E-state index contributed by atoms with van der Waals surface area (Å²) in [4.78, 5) is 2.44. The summed E-state index contributed by atoms with van der Waals surface area (Å²) in [6, 6.07) is 7.74. The van der Waals surface area contributed by atoms with Gasteiger partial charge in [-0.05, 0) is 51.6 Å². The summed E-state index contributed by atoms with van der Waals surface area (Å²) in [5.74, 6) is 1.91. The molecule has 1 fully saturated rings. The number of hydrogen-bond acceptors (Lipinski definition) is 4. The van der Waals surface area contributed by atoms with Crippen LogP contribution in [0.5, 0.6) is 11.5 Å². The molecule has 1 aromatic carbocycles. The number of benzene rings is 1. The number of piperidine rings is 1. The predicted molar refractivity (Wildman–Crippen MR) is 84.1 cm³/mol. The van der Waals surface area contributed by atoms with Crippen LogP contribution < -0.4 is 14.8 Å². The van der Waals surface area contributed by atoms with E-state index in [1.807, 2.05) is 12.1 Å². The van der Waals surface area contributed by atoms with Gasteiger partial charge in [-0.3, -0.25) is 0 Å². The van der Waals surface area contributed by atoms with Gasteiger partial charge in [0.25, 0.3) is 0 Å². The fourth-order valence-electron chi connectivity index (χ4n) is 3.40. The van der Waals surface area contributed by atoms with E-state index in [1.54, 1.807) is 7.11 Å². The first-order chi connectivity index (χ1) is 10.2. The number of methoxy groups -OCH3 is 1. The zero-order valence-electron chi connectivity index (χ0n) is 13.3. The van der Waals surface area contributed by atoms with Crippen molar-refractivity contribution in [1.29, 1.82) is 0 Å². The van der Waals surface area contributed by atoms with Gasteiger partial charge in [-0.15, -0.1) is 0 Å². The smallest absolute Gasteiger partial charge is 0.124 e. The van der Waals surface area contributed by atoms with Crippen LogP contribution in [0.1, 0.15) is 37.8 Å². The summed E-state index contributed by atoms with van der Waals surface area (Å²) in [7, 11) is 3.93. The van der Waals surface area contributed by atoms with Gasteiger partial charge in [0, 0.05) is 30.1 Å². The molecule has 116 valence electrons. The summed E-state index contributed by atoms with van der Waals surface area (Å²) in [5.41, 5.74) is 1.24. The number of fused-ring (bicyclic) bond motifs is 1. The predicted octanol–water partition coefficient (Wildman–Crippen LogP) is 2.59. The number of rotatable bonds is 3. The molecular formula is C17H26N2O2. The van der Waals surface area contributed by atoms with Gasteiger partial charge in [-0.25, -0.2) is 0 Å². The molecule has 2 aliphatic rings. The zero-order valence-corrected chi connectivity index (χ0v) is 13.3. The largest absolute Gasteiger partial charge is 0.497 e. The molecule has 0 saturated carbocycles. The van der Waals surface area contributed by atoms with E-state index in [0.29, 0.717) is 18.1 Å². The number of nitrogens with zero attached hydrogens (tertiary/aromatic N) is 1. The second kappa shape index (κ2) is 6.24. The molecule has 0 aliphatic carbocycles. The quantitative estimate of drug-likeness (QED) is 0.928. The third-order valence-electron chi connectivity index (χ3n) is 4.90. The lowest BCUT2D eigenvalue weighted by Crippen LogP contribution is -2.47. The van der Waals surface area contributed by atoms with E-state index in [9.17, 15) is 0 Å². The summed E-state index contributed by atoms with van der Waals surface area (Å²) < 4.78 is 11.1. The number of nitrogens with one attached hydrogen (secondary N) is 1. The molecule has 2 aliphatic heterocycles. The maximum Gasteiger partial charge on any atom is 0.124 e. The van der Waals surface area contributed by atoms with Gasteiger partial charge in [0.05, 0.1) is 13.7 Å². The molecule has 21 heavy (non-hydrogen) atoms. The highest BCUT2D eigenvalue weighted by Gasteiger charge is 2.28. The van der Waals surface area contributed by atoms with Crippen LogP contribution in [0.2, 0.25) is 0 Å². The van der Waals surface area contributed by atoms with Crippen molar-refractivity contribution in [2.45, 2.75) is 44.3 Å². The molecule has 4 heteroatoms. The maximum atomic E-state index is 5.78. The van der Waals surface area contributed by atoms with Crippen molar-refractivity contribution < 1.29 is 9.47 Å². The Kier molecular flexibility index (Phi) is 4.36. The van der Waals surface area contributed by atoms with Crippen LogP contribution in [0.3, 0.4) is 0 Å². The second-order valence-electron chi connectivity index (χ2n) is 6.31. The lowest BCUT2D eigenvalue weighted by atomic mass is 9.94. The van der Waals surface area contributed by atoms with Gasteiger partial charge >= 0.3 is 0 Å². The fourth-order valence-corrected chi connectivity index (χ4v) is 3.40. The molecule has 3 rings (SSSR count). The molecule has 3 atom stereocenters. The monoisotopic (exact) mass is 290 g/mol. The summed E-state index contributed by atoms with van der Waals surface area (Å²) in [5, 5.41) is 3.85. The van der Waals surface area contributed by atoms with Crippen molar-refractivity contribution in [3.63, 3.8) is 0 Å². The maximum absolute atomic E-state index is 5.78. The lowest BCUT2D eigenvalue weighted by Gasteiger charge is -2.38. The second-order valence-corrected chi connectivity index (χ2v) is 6.31. The highest BCUT2D eigenvalue weighted by molar-refractivity contribution is 5.43. The highest BCUT2D eigenvalue weighted by atomic mass is 16.5. The van der Waals surface area contributed by atoms with Crippen LogP contribution >= 0.6 is 0 Å². The average Bonchev–Trinajstić information content (AvgIpc) is 2.51. The van der Waals surface area contributed by atoms with E-state index in [4.69, 9.17) is 9.47 Å². The van der Waals surface area contributed by atoms with Crippen molar-refractivity contribution in [1.82, 2.24) is 10.2 Å². The van der Waals surface area contributed by atoms with Crippen molar-refractivity contribution in [2.75, 3.05) is 27.3 Å². The lowest BCUT2D eigenvalue weighted by molar-refractivity contribution is 0.153. The van der Waals surface area contributed by atoms with Gasteiger partial charge < -0.3 is 19.7 Å². The normalized spacial score (nSPS) is 29.6. The van der Waals surface area contributed by atoms with E-state index in [0.717, 1.165) is 24.5 Å². The third kappa shape index (κ3) is 3.16. The van der Waals surface area contributed by atoms with Gasteiger partial charge in [0.2, 0.25) is 0 Å². The minimum Gasteiger partial charge on any atom is -0.497 e. The summed E-state index contributed by atoms with van der Waals surface area (Å²) in [6.45, 7) is 4.28. The van der Waals surface area contributed by atoms with Crippen LogP contribution in [0.25, 0.3) is 0 Å². The topological polar surface area (TPSA) is 33.7 Å². The van der Waals surface area contributed by atoms with E-state index >= 15 is 0 Å². The Balaban J connectivity index is 1.73. The van der Waals surface area contributed by atoms with Crippen molar-refractivity contribution >= 4 is 0 Å². The van der Waals surface area contributed by atoms with Crippen molar-refractivity contribution in [2.24, 2.45) is 0 Å². The Morgan fingerprint density at radius 1 is 1.33 bits per heavy atom. The fraction of sp³-hybridized carbons (Fsp3) is 0.647. The van der Waals surface area contributed by atoms with E-state index in [2.05, 4.69) is 30.3 Å². The summed E-state index contributed by atoms with van der Waals surface area (Å²) in [6.07, 6.45) is 3.46. The summed E-state index contributed by atoms with van der Waals surface area (Å²) >= 11 is 0. The van der Waals surface area contributed by atoms with Crippen LogP contribution in [0, 0.1) is 0 Å². The number of ether oxygens (including phenoxy) is 2. The first-order valence-corrected chi connectivity index (χ1v) is 7.94. The Labute approximate surface area is 127 Å². The molecule has 0 bridgehead atoms. The Bertz CT molecular complexity index is 492. The van der Waals surface area contributed by atoms with Crippen LogP contribution in [-0.4, -0.2) is 44.3 Å². The molecule has 0 aromatic heterocycles. The first kappa shape index (κ1) is 14.7. The molecule has 3 unspecified atom stereocenters. The molecule has 2 heterocycles. The van der Waals surface area contributed by atoms with Gasteiger partial charge in [-0.2, -0.15) is 0 Å². The number of likely N-dealkylation sites (tertiary alicyclic amines) is 1. The Morgan fingerprint density at radius 3 is 2.95 bits per heavy atom. The van der Waals surface area contributed by atoms with Crippen LogP contribution in [0.15, 0.2) is 18.2 Å². The van der Waals surface area contributed by atoms with Gasteiger partial charge in [-0.1, -0.05) is 0 Å². The van der Waals surface area contributed by atoms with Crippen molar-refractivity contribution in [3.05, 3.63) is 23.8 Å². The molecular weight excluding hydrogens is 264 g/mol. The van der Waals surface area contributed by atoms with E-state index < -0.39 is 0 Å². The molecule has 4 nitrogen and oxygen atoms in total. The molecule has 0 radical (unpaired) electrons. The van der Waals surface area contributed by atoms with E-state index in [-0.39, 0.29) is 0 Å². The Hall–Kier alpha value is -1.26. The first-order valence-electron chi connectivity index (χ1n) is 7.94. The van der Waals surface area contributed by atoms with Crippen LogP contribution in [0.4, 0.5) is 0 Å². The minimum absolute atomic E-state index is 0.379. The minimum atomic E-state index is 0.379. The van der Waals surface area contributed by atoms with Gasteiger partial charge in [0.1, 0.15) is 11.5 Å². The molecule has 0 spiro atoms. The van der Waals surface area contributed by atoms with Gasteiger partial charge in [0.15, 0.2) is 0 Å². The van der Waals surface area contributed by atoms with Crippen LogP contribution in [-0.2, 0) is 0 Å². The zero-order chi connectivity index (χ0) is 14.8. The molecule has 1 aromatic rings. The van der Waals surface area contributed by atoms with Crippen molar-refractivity contribution in [3.8, 4) is 11.5 Å². The SMILES string of the molecule is COc1ccc2c(c1)C(NC1CCN(C)C(C)C1)CCO2. The number of hydrogen-bond donors (Lipinski definition) is 1. The molecule has 0 amide bonds.